The van der Waals surface area contributed by atoms with Crippen molar-refractivity contribution in [3.8, 4) is 0 Å². The van der Waals surface area contributed by atoms with Gasteiger partial charge in [0, 0.05) is 27.5 Å². The Morgan fingerprint density at radius 1 is 1.05 bits per heavy atom. The van der Waals surface area contributed by atoms with Gasteiger partial charge in [0.15, 0.2) is 5.78 Å². The molecule has 0 atom stereocenters. The van der Waals surface area contributed by atoms with Crippen molar-refractivity contribution in [2.24, 2.45) is 0 Å². The molecule has 0 radical (unpaired) electrons. The summed E-state index contributed by atoms with van der Waals surface area (Å²) in [6.45, 7) is 6.62. The molecule has 2 aromatic rings. The SMILES string of the molecule is CC(C)(C)c1ccc(Sc2cc3c(cc2N)CCC3=O)cc1. The first-order valence-electron chi connectivity index (χ1n) is 7.58. The van der Waals surface area contributed by atoms with E-state index in [1.807, 2.05) is 12.1 Å². The molecule has 2 aromatic carbocycles. The average Bonchev–Trinajstić information content (AvgIpc) is 2.80. The van der Waals surface area contributed by atoms with Gasteiger partial charge in [0.25, 0.3) is 0 Å². The van der Waals surface area contributed by atoms with E-state index in [9.17, 15) is 4.79 Å². The number of carbonyl (C=O) groups is 1. The van der Waals surface area contributed by atoms with Crippen molar-refractivity contribution in [2.75, 3.05) is 5.73 Å². The molecule has 2 nitrogen and oxygen atoms in total. The van der Waals surface area contributed by atoms with Gasteiger partial charge in [-0.3, -0.25) is 4.79 Å². The van der Waals surface area contributed by atoms with Crippen LogP contribution in [0.15, 0.2) is 46.2 Å². The Labute approximate surface area is 136 Å². The smallest absolute Gasteiger partial charge is 0.163 e. The molecule has 0 spiro atoms. The Balaban J connectivity index is 1.87. The predicted molar refractivity (Wildman–Crippen MR) is 92.8 cm³/mol. The highest BCUT2D eigenvalue weighted by Crippen LogP contribution is 2.37. The van der Waals surface area contributed by atoms with E-state index in [4.69, 9.17) is 5.73 Å². The summed E-state index contributed by atoms with van der Waals surface area (Å²) < 4.78 is 0. The summed E-state index contributed by atoms with van der Waals surface area (Å²) in [5, 5.41) is 0. The van der Waals surface area contributed by atoms with Crippen molar-refractivity contribution in [2.45, 2.75) is 48.8 Å². The molecule has 3 rings (SSSR count). The van der Waals surface area contributed by atoms with E-state index in [2.05, 4.69) is 45.0 Å². The van der Waals surface area contributed by atoms with E-state index in [0.717, 1.165) is 33.0 Å². The molecule has 0 bridgehead atoms. The molecule has 0 fully saturated rings. The summed E-state index contributed by atoms with van der Waals surface area (Å²) in [5.74, 6) is 0.236. The second-order valence-corrected chi connectivity index (χ2v) is 7.96. The molecule has 1 aliphatic rings. The van der Waals surface area contributed by atoms with Gasteiger partial charge in [-0.05, 0) is 47.2 Å². The Morgan fingerprint density at radius 3 is 2.36 bits per heavy atom. The van der Waals surface area contributed by atoms with Gasteiger partial charge < -0.3 is 5.73 Å². The van der Waals surface area contributed by atoms with Crippen molar-refractivity contribution in [3.05, 3.63) is 53.1 Å². The zero-order valence-corrected chi connectivity index (χ0v) is 14.1. The van der Waals surface area contributed by atoms with Gasteiger partial charge in [0.05, 0.1) is 0 Å². The maximum atomic E-state index is 11.9. The van der Waals surface area contributed by atoms with E-state index < -0.39 is 0 Å². The summed E-state index contributed by atoms with van der Waals surface area (Å²) in [5.41, 5.74) is 10.3. The van der Waals surface area contributed by atoms with Crippen LogP contribution in [0.2, 0.25) is 0 Å². The van der Waals surface area contributed by atoms with Crippen LogP contribution in [0.1, 0.15) is 48.7 Å². The number of Topliss-reactive ketones (excluding diaryl/α,β-unsaturated/α-hetero) is 1. The Kier molecular flexibility index (Phi) is 3.77. The Morgan fingerprint density at radius 2 is 1.73 bits per heavy atom. The third kappa shape index (κ3) is 2.91. The second-order valence-electron chi connectivity index (χ2n) is 6.85. The molecule has 0 saturated carbocycles. The molecule has 114 valence electrons. The van der Waals surface area contributed by atoms with Crippen LogP contribution in [0, 0.1) is 0 Å². The summed E-state index contributed by atoms with van der Waals surface area (Å²) in [6.07, 6.45) is 1.44. The molecule has 2 N–H and O–H groups in total. The largest absolute Gasteiger partial charge is 0.398 e. The highest BCUT2D eigenvalue weighted by molar-refractivity contribution is 7.99. The normalized spacial score (nSPS) is 14.2. The van der Waals surface area contributed by atoms with Crippen LogP contribution in [0.4, 0.5) is 5.69 Å². The molecule has 3 heteroatoms. The van der Waals surface area contributed by atoms with Crippen LogP contribution in [0.25, 0.3) is 0 Å². The van der Waals surface area contributed by atoms with Crippen LogP contribution in [-0.2, 0) is 11.8 Å². The predicted octanol–water partition coefficient (Wildman–Crippen LogP) is 4.85. The highest BCUT2D eigenvalue weighted by atomic mass is 32.2. The van der Waals surface area contributed by atoms with E-state index >= 15 is 0 Å². The van der Waals surface area contributed by atoms with Crippen molar-refractivity contribution in [1.29, 1.82) is 0 Å². The monoisotopic (exact) mass is 311 g/mol. The molecule has 0 saturated heterocycles. The third-order valence-electron chi connectivity index (χ3n) is 4.11. The quantitative estimate of drug-likeness (QED) is 0.806. The average molecular weight is 311 g/mol. The Bertz CT molecular complexity index is 726. The van der Waals surface area contributed by atoms with Crippen molar-refractivity contribution in [1.82, 2.24) is 0 Å². The minimum absolute atomic E-state index is 0.155. The van der Waals surface area contributed by atoms with Crippen LogP contribution in [0.5, 0.6) is 0 Å². The summed E-state index contributed by atoms with van der Waals surface area (Å²) in [4.78, 5) is 14.0. The summed E-state index contributed by atoms with van der Waals surface area (Å²) in [6, 6.07) is 12.5. The lowest BCUT2D eigenvalue weighted by atomic mass is 9.87. The Hall–Kier alpha value is -1.74. The van der Waals surface area contributed by atoms with E-state index in [1.54, 1.807) is 11.8 Å². The zero-order valence-electron chi connectivity index (χ0n) is 13.3. The van der Waals surface area contributed by atoms with Crippen LogP contribution in [-0.4, -0.2) is 5.78 Å². The van der Waals surface area contributed by atoms with Crippen molar-refractivity contribution >= 4 is 23.2 Å². The number of nitrogen functional groups attached to an aromatic ring is 1. The fourth-order valence-electron chi connectivity index (χ4n) is 2.73. The van der Waals surface area contributed by atoms with E-state index in [0.29, 0.717) is 6.42 Å². The maximum Gasteiger partial charge on any atom is 0.163 e. The number of anilines is 1. The number of aryl methyl sites for hydroxylation is 1. The van der Waals surface area contributed by atoms with Gasteiger partial charge >= 0.3 is 0 Å². The van der Waals surface area contributed by atoms with Crippen LogP contribution in [0.3, 0.4) is 0 Å². The lowest BCUT2D eigenvalue weighted by Gasteiger charge is -2.19. The van der Waals surface area contributed by atoms with Gasteiger partial charge in [-0.1, -0.05) is 44.7 Å². The number of ketones is 1. The van der Waals surface area contributed by atoms with Crippen molar-refractivity contribution in [3.63, 3.8) is 0 Å². The number of benzene rings is 2. The van der Waals surface area contributed by atoms with E-state index in [1.165, 1.54) is 5.56 Å². The van der Waals surface area contributed by atoms with Gasteiger partial charge in [-0.25, -0.2) is 0 Å². The topological polar surface area (TPSA) is 43.1 Å². The molecular formula is C19H21NOS. The van der Waals surface area contributed by atoms with Crippen molar-refractivity contribution < 1.29 is 4.79 Å². The first kappa shape index (κ1) is 15.2. The van der Waals surface area contributed by atoms with Gasteiger partial charge in [0.1, 0.15) is 0 Å². The van der Waals surface area contributed by atoms with E-state index in [-0.39, 0.29) is 11.2 Å². The first-order valence-corrected chi connectivity index (χ1v) is 8.40. The molecule has 0 aliphatic heterocycles. The number of fused-ring (bicyclic) bond motifs is 1. The third-order valence-corrected chi connectivity index (χ3v) is 5.19. The lowest BCUT2D eigenvalue weighted by Crippen LogP contribution is -2.10. The minimum Gasteiger partial charge on any atom is -0.398 e. The molecule has 0 aromatic heterocycles. The number of carbonyl (C=O) groups excluding carboxylic acids is 1. The van der Waals surface area contributed by atoms with Gasteiger partial charge in [0.2, 0.25) is 0 Å². The molecule has 22 heavy (non-hydrogen) atoms. The highest BCUT2D eigenvalue weighted by Gasteiger charge is 2.21. The number of hydrogen-bond acceptors (Lipinski definition) is 3. The molecule has 1 aliphatic carbocycles. The number of rotatable bonds is 2. The maximum absolute atomic E-state index is 11.9. The number of nitrogens with two attached hydrogens (primary N) is 1. The van der Waals surface area contributed by atoms with Crippen LogP contribution >= 0.6 is 11.8 Å². The standard InChI is InChI=1S/C19H21NOS/c1-19(2,3)13-5-7-14(8-6-13)22-18-11-15-12(10-16(18)20)4-9-17(15)21/h5-8,10-11H,4,9,20H2,1-3H3. The minimum atomic E-state index is 0.155. The number of hydrogen-bond donors (Lipinski definition) is 1. The fourth-order valence-corrected chi connectivity index (χ4v) is 3.61. The van der Waals surface area contributed by atoms with Gasteiger partial charge in [-0.15, -0.1) is 0 Å². The molecule has 0 heterocycles. The fraction of sp³-hybridized carbons (Fsp3) is 0.316. The second kappa shape index (κ2) is 5.47. The van der Waals surface area contributed by atoms with Crippen LogP contribution < -0.4 is 5.73 Å². The zero-order chi connectivity index (χ0) is 15.9. The lowest BCUT2D eigenvalue weighted by molar-refractivity contribution is 0.0994. The summed E-state index contributed by atoms with van der Waals surface area (Å²) in [7, 11) is 0. The first-order chi connectivity index (χ1) is 10.3. The van der Waals surface area contributed by atoms with Gasteiger partial charge in [-0.2, -0.15) is 0 Å². The molecule has 0 unspecified atom stereocenters. The molecule has 0 amide bonds. The summed E-state index contributed by atoms with van der Waals surface area (Å²) >= 11 is 1.62. The molecular weight excluding hydrogens is 290 g/mol.